The lowest BCUT2D eigenvalue weighted by molar-refractivity contribution is -0.136. The number of anilines is 1. The summed E-state index contributed by atoms with van der Waals surface area (Å²) in [6.45, 7) is 8.15. The molecule has 2 aliphatic rings. The number of hydrogen-bond donors (Lipinski definition) is 2. The zero-order valence-electron chi connectivity index (χ0n) is 29.7. The first-order chi connectivity index (χ1) is 25.4. The number of carbonyl (C=O) groups is 5. The van der Waals surface area contributed by atoms with Crippen molar-refractivity contribution < 1.29 is 61.9 Å². The first-order valence-electron chi connectivity index (χ1n) is 17.8. The van der Waals surface area contributed by atoms with Gasteiger partial charge >= 0.3 is 0 Å². The van der Waals surface area contributed by atoms with E-state index in [2.05, 4.69) is 26.6 Å². The summed E-state index contributed by atoms with van der Waals surface area (Å²) in [4.78, 5) is 63.4. The first-order valence-corrected chi connectivity index (χ1v) is 18.9. The number of nitrogens with one attached hydrogen (secondary N) is 2. The number of halogens is 1. The Kier molecular flexibility index (Phi) is 22.5. The number of hydrogen-bond acceptors (Lipinski definition) is 13. The van der Waals surface area contributed by atoms with Crippen molar-refractivity contribution in [1.29, 1.82) is 0 Å². The number of piperidine rings is 1. The van der Waals surface area contributed by atoms with E-state index in [0.29, 0.717) is 112 Å². The van der Waals surface area contributed by atoms with Crippen LogP contribution >= 0.6 is 15.9 Å². The molecule has 1 unspecified atom stereocenters. The molecule has 2 heterocycles. The van der Waals surface area contributed by atoms with Gasteiger partial charge < -0.3 is 43.2 Å². The second kappa shape index (κ2) is 26.8. The predicted octanol–water partition coefficient (Wildman–Crippen LogP) is 2.11. The van der Waals surface area contributed by atoms with Gasteiger partial charge in [-0.05, 0) is 31.4 Å². The highest BCUT2D eigenvalue weighted by Crippen LogP contribution is 2.32. The fourth-order valence-corrected chi connectivity index (χ4v) is 5.42. The Labute approximate surface area is 312 Å². The number of carbonyl (C=O) groups excluding carboxylic acids is 5. The number of alkyl halides is 1. The van der Waals surface area contributed by atoms with Crippen LogP contribution in [-0.2, 0) is 52.3 Å². The molecule has 16 nitrogen and oxygen atoms in total. The minimum atomic E-state index is -1.07. The lowest BCUT2D eigenvalue weighted by atomic mass is 10.0. The average molecular weight is 803 g/mol. The SMILES string of the molecule is O=C1CCC(N2C(=O)c3cccc(NC(=O)CCCCCOCCOCCOCCOCCOCCOCCOCCOCCBr)c3C2=O)C(=O)N1. The molecule has 292 valence electrons. The molecule has 0 spiro atoms. The van der Waals surface area contributed by atoms with Gasteiger partial charge in [0.1, 0.15) is 6.04 Å². The molecule has 1 atom stereocenters. The summed E-state index contributed by atoms with van der Waals surface area (Å²) in [5.74, 6) is -2.70. The zero-order chi connectivity index (χ0) is 37.2. The number of benzene rings is 1. The number of nitrogens with zero attached hydrogens (tertiary/aromatic N) is 1. The van der Waals surface area contributed by atoms with Crippen LogP contribution in [0.2, 0.25) is 0 Å². The standard InChI is InChI=1S/C35H52BrN3O13/c36-10-12-46-14-16-48-18-20-50-22-24-52-26-25-51-23-21-49-19-17-47-15-13-45-11-3-1-2-7-30(40)37-28-6-4-5-27-32(28)35(44)39(34(27)43)29-8-9-31(41)38-33(29)42/h4-6,29H,1-3,7-26H2,(H,37,40)(H,38,41,42). The van der Waals surface area contributed by atoms with E-state index in [4.69, 9.17) is 37.9 Å². The molecule has 2 aliphatic heterocycles. The summed E-state index contributed by atoms with van der Waals surface area (Å²) >= 11 is 3.29. The van der Waals surface area contributed by atoms with E-state index in [0.717, 1.165) is 23.1 Å². The van der Waals surface area contributed by atoms with E-state index >= 15 is 0 Å². The molecule has 1 aromatic carbocycles. The van der Waals surface area contributed by atoms with Crippen molar-refractivity contribution in [3.63, 3.8) is 0 Å². The third kappa shape index (κ3) is 16.4. The second-order valence-electron chi connectivity index (χ2n) is 11.6. The van der Waals surface area contributed by atoms with Gasteiger partial charge in [-0.3, -0.25) is 34.2 Å². The smallest absolute Gasteiger partial charge is 0.264 e. The van der Waals surface area contributed by atoms with Gasteiger partial charge in [0.05, 0.1) is 116 Å². The molecular weight excluding hydrogens is 750 g/mol. The van der Waals surface area contributed by atoms with Crippen molar-refractivity contribution in [2.75, 3.05) is 116 Å². The quantitative estimate of drug-likeness (QED) is 0.0633. The van der Waals surface area contributed by atoms with Crippen LogP contribution in [0.4, 0.5) is 5.69 Å². The van der Waals surface area contributed by atoms with Crippen LogP contribution in [0.5, 0.6) is 0 Å². The number of imide groups is 2. The molecule has 0 bridgehead atoms. The third-order valence-electron chi connectivity index (χ3n) is 7.76. The Hall–Kier alpha value is -2.87. The lowest BCUT2D eigenvalue weighted by Crippen LogP contribution is -2.54. The summed E-state index contributed by atoms with van der Waals surface area (Å²) in [7, 11) is 0. The van der Waals surface area contributed by atoms with Crippen molar-refractivity contribution in [1.82, 2.24) is 10.2 Å². The maximum Gasteiger partial charge on any atom is 0.264 e. The van der Waals surface area contributed by atoms with Crippen molar-refractivity contribution in [2.45, 2.75) is 44.6 Å². The molecule has 0 aromatic heterocycles. The largest absolute Gasteiger partial charge is 0.379 e. The maximum atomic E-state index is 13.2. The van der Waals surface area contributed by atoms with E-state index in [9.17, 15) is 24.0 Å². The van der Waals surface area contributed by atoms with Crippen molar-refractivity contribution in [3.05, 3.63) is 29.3 Å². The molecule has 0 saturated carbocycles. The Morgan fingerprint density at radius 2 is 1.17 bits per heavy atom. The Morgan fingerprint density at radius 3 is 1.67 bits per heavy atom. The summed E-state index contributed by atoms with van der Waals surface area (Å²) < 4.78 is 43.6. The fraction of sp³-hybridized carbons (Fsp3) is 0.686. The molecule has 2 N–H and O–H groups in total. The van der Waals surface area contributed by atoms with E-state index in [1.54, 1.807) is 12.1 Å². The van der Waals surface area contributed by atoms with Gasteiger partial charge in [0, 0.05) is 24.8 Å². The van der Waals surface area contributed by atoms with Crippen molar-refractivity contribution in [2.24, 2.45) is 0 Å². The van der Waals surface area contributed by atoms with Crippen molar-refractivity contribution >= 4 is 51.2 Å². The molecule has 1 fully saturated rings. The van der Waals surface area contributed by atoms with Crippen LogP contribution in [0.15, 0.2) is 18.2 Å². The number of rotatable bonds is 31. The Morgan fingerprint density at radius 1 is 0.673 bits per heavy atom. The van der Waals surface area contributed by atoms with Crippen LogP contribution in [0.25, 0.3) is 0 Å². The van der Waals surface area contributed by atoms with E-state index < -0.39 is 29.7 Å². The van der Waals surface area contributed by atoms with E-state index in [1.807, 2.05) is 0 Å². The van der Waals surface area contributed by atoms with Gasteiger partial charge in [0.15, 0.2) is 0 Å². The zero-order valence-corrected chi connectivity index (χ0v) is 31.3. The van der Waals surface area contributed by atoms with Crippen LogP contribution < -0.4 is 10.6 Å². The van der Waals surface area contributed by atoms with Crippen LogP contribution in [0.3, 0.4) is 0 Å². The first kappa shape index (κ1) is 43.5. The minimum Gasteiger partial charge on any atom is -0.379 e. The van der Waals surface area contributed by atoms with Gasteiger partial charge in [0.2, 0.25) is 17.7 Å². The Balaban J connectivity index is 1.08. The van der Waals surface area contributed by atoms with Gasteiger partial charge in [0.25, 0.3) is 11.8 Å². The molecule has 0 radical (unpaired) electrons. The Bertz CT molecular complexity index is 1250. The van der Waals surface area contributed by atoms with Gasteiger partial charge in [-0.15, -0.1) is 0 Å². The third-order valence-corrected chi connectivity index (χ3v) is 8.08. The maximum absolute atomic E-state index is 13.2. The highest BCUT2D eigenvalue weighted by Gasteiger charge is 2.45. The van der Waals surface area contributed by atoms with Crippen molar-refractivity contribution in [3.8, 4) is 0 Å². The predicted molar refractivity (Wildman–Crippen MR) is 191 cm³/mol. The van der Waals surface area contributed by atoms with Crippen LogP contribution in [-0.4, -0.2) is 152 Å². The van der Waals surface area contributed by atoms with Crippen LogP contribution in [0.1, 0.15) is 59.2 Å². The highest BCUT2D eigenvalue weighted by atomic mass is 79.9. The second-order valence-corrected chi connectivity index (χ2v) is 12.4. The number of fused-ring (bicyclic) bond motifs is 1. The minimum absolute atomic E-state index is 0.0307. The summed E-state index contributed by atoms with van der Waals surface area (Å²) in [5, 5.41) is 5.72. The van der Waals surface area contributed by atoms with Gasteiger partial charge in [-0.25, -0.2) is 0 Å². The fourth-order valence-electron chi connectivity index (χ4n) is 5.19. The number of ether oxygens (including phenoxy) is 8. The van der Waals surface area contributed by atoms with Crippen LogP contribution in [0, 0.1) is 0 Å². The topological polar surface area (TPSA) is 186 Å². The lowest BCUT2D eigenvalue weighted by Gasteiger charge is -2.27. The average Bonchev–Trinajstić information content (AvgIpc) is 3.38. The molecule has 1 saturated heterocycles. The molecule has 1 aromatic rings. The molecule has 3 rings (SSSR count). The summed E-state index contributed by atoms with van der Waals surface area (Å²) in [5.41, 5.74) is 0.389. The van der Waals surface area contributed by atoms with E-state index in [-0.39, 0.29) is 42.0 Å². The molecule has 52 heavy (non-hydrogen) atoms. The van der Waals surface area contributed by atoms with Gasteiger partial charge in [-0.1, -0.05) is 28.4 Å². The summed E-state index contributed by atoms with van der Waals surface area (Å²) in [6, 6.07) is 3.54. The highest BCUT2D eigenvalue weighted by molar-refractivity contribution is 9.09. The number of unbranched alkanes of at least 4 members (excludes halogenated alkanes) is 2. The summed E-state index contributed by atoms with van der Waals surface area (Å²) in [6.07, 6.45) is 2.47. The molecule has 0 aliphatic carbocycles. The normalized spacial score (nSPS) is 15.7. The molecule has 17 heteroatoms. The monoisotopic (exact) mass is 801 g/mol. The van der Waals surface area contributed by atoms with Gasteiger partial charge in [-0.2, -0.15) is 0 Å². The molecule has 5 amide bonds. The molecular formula is C35H52BrN3O13. The van der Waals surface area contributed by atoms with E-state index in [1.165, 1.54) is 6.07 Å². The number of amides is 5.